The zero-order valence-electron chi connectivity index (χ0n) is 16.3. The highest BCUT2D eigenvalue weighted by Crippen LogP contribution is 2.29. The fourth-order valence-corrected chi connectivity index (χ4v) is 4.25. The van der Waals surface area contributed by atoms with Gasteiger partial charge in [0, 0.05) is 17.2 Å². The van der Waals surface area contributed by atoms with Gasteiger partial charge in [0.15, 0.2) is 5.16 Å². The topological polar surface area (TPSA) is 60.9 Å². The highest BCUT2D eigenvalue weighted by molar-refractivity contribution is 7.98. The zero-order valence-corrected chi connectivity index (χ0v) is 17.1. The van der Waals surface area contributed by atoms with E-state index >= 15 is 0 Å². The number of para-hydroxylation sites is 1. The molecule has 4 aromatic rings. The van der Waals surface area contributed by atoms with Crippen LogP contribution in [-0.4, -0.2) is 14.8 Å². The Morgan fingerprint density at radius 1 is 0.964 bits per heavy atom. The van der Waals surface area contributed by atoms with Gasteiger partial charge in [0.2, 0.25) is 0 Å². The van der Waals surface area contributed by atoms with E-state index in [9.17, 15) is 4.79 Å². The monoisotopic (exact) mass is 391 g/mol. The Kier molecular flexibility index (Phi) is 4.81. The smallest absolute Gasteiger partial charge is 0.336 e. The number of aryl methyl sites for hydroxylation is 4. The fraction of sp³-hybridized carbons (Fsp3) is 0.227. The molecule has 0 bridgehead atoms. The van der Waals surface area contributed by atoms with E-state index in [2.05, 4.69) is 46.8 Å². The third-order valence-corrected chi connectivity index (χ3v) is 5.93. The van der Waals surface area contributed by atoms with Crippen LogP contribution in [-0.2, 0) is 5.75 Å². The predicted molar refractivity (Wildman–Crippen MR) is 112 cm³/mol. The van der Waals surface area contributed by atoms with E-state index in [4.69, 9.17) is 4.42 Å². The highest BCUT2D eigenvalue weighted by atomic mass is 32.2. The summed E-state index contributed by atoms with van der Waals surface area (Å²) in [6, 6.07) is 13.8. The molecule has 4 rings (SSSR count). The van der Waals surface area contributed by atoms with E-state index in [1.807, 2.05) is 32.0 Å². The molecule has 28 heavy (non-hydrogen) atoms. The summed E-state index contributed by atoms with van der Waals surface area (Å²) in [5.74, 6) is 1.44. The Balaban J connectivity index is 1.73. The molecule has 0 unspecified atom stereocenters. The number of hydrogen-bond acceptors (Lipinski definition) is 5. The molecule has 2 heterocycles. The molecule has 0 spiro atoms. The van der Waals surface area contributed by atoms with Crippen molar-refractivity contribution >= 4 is 22.7 Å². The average Bonchev–Trinajstić information content (AvgIpc) is 3.02. The lowest BCUT2D eigenvalue weighted by atomic mass is 10.0. The van der Waals surface area contributed by atoms with Gasteiger partial charge in [0.05, 0.1) is 5.69 Å². The molecule has 6 heteroatoms. The van der Waals surface area contributed by atoms with Crippen molar-refractivity contribution in [3.05, 3.63) is 81.0 Å². The molecular formula is C22H21N3O2S. The van der Waals surface area contributed by atoms with Crippen molar-refractivity contribution in [2.24, 2.45) is 0 Å². The minimum atomic E-state index is -0.331. The summed E-state index contributed by atoms with van der Waals surface area (Å²) in [5, 5.41) is 10.4. The zero-order chi connectivity index (χ0) is 19.8. The molecule has 2 aromatic carbocycles. The Morgan fingerprint density at radius 2 is 1.71 bits per heavy atom. The summed E-state index contributed by atoms with van der Waals surface area (Å²) < 4.78 is 7.46. The van der Waals surface area contributed by atoms with Crippen LogP contribution in [0.1, 0.15) is 28.1 Å². The molecule has 142 valence electrons. The second-order valence-corrected chi connectivity index (χ2v) is 7.91. The molecule has 2 aromatic heterocycles. The number of hydrogen-bond donors (Lipinski definition) is 0. The maximum absolute atomic E-state index is 12.0. The lowest BCUT2D eigenvalue weighted by Gasteiger charge is -2.12. The van der Waals surface area contributed by atoms with E-state index in [-0.39, 0.29) is 5.63 Å². The van der Waals surface area contributed by atoms with E-state index in [1.165, 1.54) is 5.56 Å². The molecule has 0 radical (unpaired) electrons. The van der Waals surface area contributed by atoms with Gasteiger partial charge in [-0.25, -0.2) is 4.79 Å². The van der Waals surface area contributed by atoms with Gasteiger partial charge in [-0.2, -0.15) is 0 Å². The molecule has 0 fully saturated rings. The first-order valence-corrected chi connectivity index (χ1v) is 10.1. The lowest BCUT2D eigenvalue weighted by Crippen LogP contribution is -2.03. The molecule has 0 aliphatic heterocycles. The SMILES string of the molecule is Cc1cc2oc(=O)cc(CSc3nnc(C)n3-c3ccccc3C)c2cc1C. The first-order valence-electron chi connectivity index (χ1n) is 9.09. The normalized spacial score (nSPS) is 11.3. The molecule has 0 saturated carbocycles. The second kappa shape index (κ2) is 7.28. The summed E-state index contributed by atoms with van der Waals surface area (Å²) in [6.45, 7) is 8.10. The van der Waals surface area contributed by atoms with Crippen LogP contribution in [0.4, 0.5) is 0 Å². The van der Waals surface area contributed by atoms with Gasteiger partial charge in [-0.1, -0.05) is 30.0 Å². The molecule has 5 nitrogen and oxygen atoms in total. The van der Waals surface area contributed by atoms with Crippen molar-refractivity contribution in [1.29, 1.82) is 0 Å². The molecule has 0 N–H and O–H groups in total. The van der Waals surface area contributed by atoms with Gasteiger partial charge in [-0.05, 0) is 68.1 Å². The quantitative estimate of drug-likeness (QED) is 0.366. The van der Waals surface area contributed by atoms with Gasteiger partial charge in [-0.15, -0.1) is 10.2 Å². The molecule has 0 atom stereocenters. The van der Waals surface area contributed by atoms with Gasteiger partial charge >= 0.3 is 5.63 Å². The number of thioether (sulfide) groups is 1. The van der Waals surface area contributed by atoms with Crippen molar-refractivity contribution in [1.82, 2.24) is 14.8 Å². The molecule has 0 aliphatic carbocycles. The van der Waals surface area contributed by atoms with Gasteiger partial charge in [0.25, 0.3) is 0 Å². The maximum Gasteiger partial charge on any atom is 0.336 e. The van der Waals surface area contributed by atoms with Crippen molar-refractivity contribution in [2.75, 3.05) is 0 Å². The summed E-state index contributed by atoms with van der Waals surface area (Å²) in [7, 11) is 0. The third-order valence-electron chi connectivity index (χ3n) is 4.95. The minimum Gasteiger partial charge on any atom is -0.423 e. The van der Waals surface area contributed by atoms with Crippen LogP contribution in [0.25, 0.3) is 16.7 Å². The van der Waals surface area contributed by atoms with Crippen LogP contribution >= 0.6 is 11.8 Å². The molecule has 0 aliphatic rings. The van der Waals surface area contributed by atoms with Crippen LogP contribution in [0.2, 0.25) is 0 Å². The Labute approximate surface area is 167 Å². The number of benzene rings is 2. The van der Waals surface area contributed by atoms with Crippen molar-refractivity contribution in [3.8, 4) is 5.69 Å². The Bertz CT molecular complexity index is 1240. The number of rotatable bonds is 4. The summed E-state index contributed by atoms with van der Waals surface area (Å²) in [4.78, 5) is 12.0. The van der Waals surface area contributed by atoms with Crippen LogP contribution in [0.15, 0.2) is 56.8 Å². The van der Waals surface area contributed by atoms with Crippen LogP contribution in [0, 0.1) is 27.7 Å². The van der Waals surface area contributed by atoms with E-state index in [0.29, 0.717) is 11.3 Å². The molecule has 0 amide bonds. The van der Waals surface area contributed by atoms with E-state index in [1.54, 1.807) is 17.8 Å². The lowest BCUT2D eigenvalue weighted by molar-refractivity contribution is 0.559. The summed E-state index contributed by atoms with van der Waals surface area (Å²) in [5.41, 5.74) is 5.74. The summed E-state index contributed by atoms with van der Waals surface area (Å²) >= 11 is 1.57. The van der Waals surface area contributed by atoms with Crippen molar-refractivity contribution in [2.45, 2.75) is 38.6 Å². The molecular weight excluding hydrogens is 370 g/mol. The first-order chi connectivity index (χ1) is 13.4. The van der Waals surface area contributed by atoms with Crippen LogP contribution in [0.3, 0.4) is 0 Å². The standard InChI is InChI=1S/C22H21N3O2S/c1-13-7-5-6-8-19(13)25-16(4)23-24-22(25)28-12-17-11-21(26)27-20-10-15(3)14(2)9-18(17)20/h5-11H,12H2,1-4H3. The van der Waals surface area contributed by atoms with Crippen molar-refractivity contribution in [3.63, 3.8) is 0 Å². The second-order valence-electron chi connectivity index (χ2n) is 6.96. The van der Waals surface area contributed by atoms with Crippen LogP contribution < -0.4 is 5.63 Å². The third kappa shape index (κ3) is 3.36. The number of nitrogens with zero attached hydrogens (tertiary/aromatic N) is 3. The Hall–Kier alpha value is -2.86. The van der Waals surface area contributed by atoms with E-state index < -0.39 is 0 Å². The van der Waals surface area contributed by atoms with Crippen molar-refractivity contribution < 1.29 is 4.42 Å². The summed E-state index contributed by atoms with van der Waals surface area (Å²) in [6.07, 6.45) is 0. The number of fused-ring (bicyclic) bond motifs is 1. The highest BCUT2D eigenvalue weighted by Gasteiger charge is 2.15. The van der Waals surface area contributed by atoms with Gasteiger partial charge < -0.3 is 4.42 Å². The van der Waals surface area contributed by atoms with Gasteiger partial charge in [0.1, 0.15) is 11.4 Å². The van der Waals surface area contributed by atoms with Crippen LogP contribution in [0.5, 0.6) is 0 Å². The minimum absolute atomic E-state index is 0.331. The molecule has 0 saturated heterocycles. The van der Waals surface area contributed by atoms with E-state index in [0.717, 1.165) is 38.7 Å². The predicted octanol–water partition coefficient (Wildman–Crippen LogP) is 4.90. The fourth-order valence-electron chi connectivity index (χ4n) is 3.27. The maximum atomic E-state index is 12.0. The largest absolute Gasteiger partial charge is 0.423 e. The van der Waals surface area contributed by atoms with Gasteiger partial charge in [-0.3, -0.25) is 4.57 Å². The average molecular weight is 391 g/mol. The Morgan fingerprint density at radius 3 is 2.50 bits per heavy atom. The first kappa shape index (κ1) is 18.5. The number of aromatic nitrogens is 3.